The number of hydrogen-bond donors (Lipinski definition) is 2. The van der Waals surface area contributed by atoms with Gasteiger partial charge in [-0.2, -0.15) is 0 Å². The zero-order valence-electron chi connectivity index (χ0n) is 15.9. The third kappa shape index (κ3) is 5.58. The third-order valence-corrected chi connectivity index (χ3v) is 6.42. The van der Waals surface area contributed by atoms with E-state index in [1.807, 2.05) is 7.05 Å². The van der Waals surface area contributed by atoms with Gasteiger partial charge in [0.25, 0.3) is 0 Å². The monoisotopic (exact) mass is 534 g/mol. The lowest BCUT2D eigenvalue weighted by Gasteiger charge is -2.32. The third-order valence-electron chi connectivity index (χ3n) is 5.73. The Hall–Kier alpha value is -0.340. The zero-order chi connectivity index (χ0) is 17.7. The van der Waals surface area contributed by atoms with Crippen LogP contribution in [0.15, 0.2) is 33.7 Å². The molecule has 6 heteroatoms. The average molecular weight is 535 g/mol. The van der Waals surface area contributed by atoms with E-state index in [9.17, 15) is 0 Å². The molecule has 1 unspecified atom stereocenters. The second-order valence-electron chi connectivity index (χ2n) is 7.47. The van der Waals surface area contributed by atoms with Gasteiger partial charge in [-0.15, -0.1) is 24.0 Å². The van der Waals surface area contributed by atoms with Gasteiger partial charge in [0.15, 0.2) is 5.96 Å². The number of piperidine rings is 1. The summed E-state index contributed by atoms with van der Waals surface area (Å²) in [6.45, 7) is 7.85. The highest BCUT2D eigenvalue weighted by Crippen LogP contribution is 2.49. The molecule has 1 aliphatic carbocycles. The number of aliphatic imine (C=N–C) groups is 1. The number of benzene rings is 1. The Kier molecular flexibility index (Phi) is 8.67. The Morgan fingerprint density at radius 2 is 2.08 bits per heavy atom. The molecule has 1 heterocycles. The molecule has 3 rings (SSSR count). The number of guanidine groups is 1. The average Bonchev–Trinajstić information content (AvgIpc) is 3.43. The summed E-state index contributed by atoms with van der Waals surface area (Å²) < 4.78 is 1.22. The van der Waals surface area contributed by atoms with E-state index in [2.05, 4.69) is 67.6 Å². The van der Waals surface area contributed by atoms with Gasteiger partial charge in [0.1, 0.15) is 0 Å². The summed E-state index contributed by atoms with van der Waals surface area (Å²) in [6.07, 6.45) is 5.13. The minimum atomic E-state index is 0. The van der Waals surface area contributed by atoms with Crippen LogP contribution in [-0.4, -0.2) is 50.6 Å². The highest BCUT2D eigenvalue weighted by Gasteiger charge is 2.45. The number of rotatable bonds is 6. The maximum atomic E-state index is 4.43. The summed E-state index contributed by atoms with van der Waals surface area (Å²) in [7, 11) is 1.87. The fraction of sp³-hybridized carbons (Fsp3) is 0.650. The molecule has 1 aliphatic heterocycles. The van der Waals surface area contributed by atoms with Gasteiger partial charge in [-0.1, -0.05) is 41.1 Å². The molecule has 146 valence electrons. The molecule has 2 fully saturated rings. The van der Waals surface area contributed by atoms with Crippen LogP contribution in [0, 0.1) is 5.92 Å². The van der Waals surface area contributed by atoms with Crippen LogP contribution in [0.4, 0.5) is 0 Å². The van der Waals surface area contributed by atoms with Crippen LogP contribution in [-0.2, 0) is 5.41 Å². The smallest absolute Gasteiger partial charge is 0.191 e. The number of likely N-dealkylation sites (tertiary alicyclic amines) is 1. The van der Waals surface area contributed by atoms with E-state index in [1.165, 1.54) is 48.8 Å². The van der Waals surface area contributed by atoms with Gasteiger partial charge in [0.2, 0.25) is 0 Å². The summed E-state index contributed by atoms with van der Waals surface area (Å²) in [6, 6.07) is 8.61. The molecule has 0 amide bonds. The minimum Gasteiger partial charge on any atom is -0.356 e. The van der Waals surface area contributed by atoms with Crippen molar-refractivity contribution in [2.45, 2.75) is 38.0 Å². The molecule has 1 atom stereocenters. The zero-order valence-corrected chi connectivity index (χ0v) is 19.8. The highest BCUT2D eigenvalue weighted by molar-refractivity contribution is 14.0. The lowest BCUT2D eigenvalue weighted by atomic mass is 9.96. The van der Waals surface area contributed by atoms with Gasteiger partial charge in [0.05, 0.1) is 0 Å². The van der Waals surface area contributed by atoms with Crippen LogP contribution in [0.5, 0.6) is 0 Å². The van der Waals surface area contributed by atoms with Crippen LogP contribution >= 0.6 is 39.9 Å². The van der Waals surface area contributed by atoms with Crippen molar-refractivity contribution in [2.75, 3.05) is 39.8 Å². The number of halogens is 2. The molecular formula is C20H32BrIN4. The van der Waals surface area contributed by atoms with Gasteiger partial charge in [0, 0.05) is 36.6 Å². The maximum absolute atomic E-state index is 4.43. The van der Waals surface area contributed by atoms with E-state index in [1.54, 1.807) is 0 Å². The standard InChI is InChI=1S/C20H31BrN4.HI/c1-3-25-12-6-7-16(14-25)13-23-19(22-2)24-15-20(10-11-20)17-8-4-5-9-18(17)21;/h4-5,8-9,16H,3,6-7,10-15H2,1-2H3,(H2,22,23,24);1H. The molecule has 1 aromatic rings. The maximum Gasteiger partial charge on any atom is 0.191 e. The topological polar surface area (TPSA) is 39.7 Å². The van der Waals surface area contributed by atoms with Gasteiger partial charge in [-0.25, -0.2) is 0 Å². The van der Waals surface area contributed by atoms with E-state index in [0.29, 0.717) is 0 Å². The first-order valence-corrected chi connectivity index (χ1v) is 10.4. The van der Waals surface area contributed by atoms with Crippen molar-refractivity contribution in [3.63, 3.8) is 0 Å². The van der Waals surface area contributed by atoms with Crippen molar-refractivity contribution < 1.29 is 0 Å². The van der Waals surface area contributed by atoms with E-state index < -0.39 is 0 Å². The van der Waals surface area contributed by atoms with Crippen molar-refractivity contribution in [3.05, 3.63) is 34.3 Å². The van der Waals surface area contributed by atoms with Gasteiger partial charge in [-0.05, 0) is 56.3 Å². The first-order valence-electron chi connectivity index (χ1n) is 9.59. The molecule has 1 saturated carbocycles. The van der Waals surface area contributed by atoms with E-state index in [4.69, 9.17) is 0 Å². The van der Waals surface area contributed by atoms with Gasteiger partial charge in [-0.3, -0.25) is 4.99 Å². The van der Waals surface area contributed by atoms with Crippen molar-refractivity contribution in [1.29, 1.82) is 0 Å². The van der Waals surface area contributed by atoms with Crippen molar-refractivity contribution >= 4 is 45.9 Å². The number of nitrogens with one attached hydrogen (secondary N) is 2. The SMILES string of the molecule is CCN1CCCC(CNC(=NC)NCC2(c3ccccc3Br)CC2)C1.I. The van der Waals surface area contributed by atoms with E-state index in [0.717, 1.165) is 31.5 Å². The molecule has 0 radical (unpaired) electrons. The quantitative estimate of drug-likeness (QED) is 0.329. The van der Waals surface area contributed by atoms with Gasteiger partial charge < -0.3 is 15.5 Å². The molecule has 0 bridgehead atoms. The normalized spacial score (nSPS) is 22.4. The molecule has 1 saturated heterocycles. The van der Waals surface area contributed by atoms with Crippen LogP contribution < -0.4 is 10.6 Å². The summed E-state index contributed by atoms with van der Waals surface area (Å²) in [5.41, 5.74) is 1.69. The summed E-state index contributed by atoms with van der Waals surface area (Å²) in [5, 5.41) is 7.12. The van der Waals surface area contributed by atoms with Crippen LogP contribution in [0.1, 0.15) is 38.2 Å². The van der Waals surface area contributed by atoms with Crippen molar-refractivity contribution in [3.8, 4) is 0 Å². The Morgan fingerprint density at radius 1 is 1.31 bits per heavy atom. The molecule has 0 aromatic heterocycles. The predicted molar refractivity (Wildman–Crippen MR) is 125 cm³/mol. The van der Waals surface area contributed by atoms with Crippen LogP contribution in [0.3, 0.4) is 0 Å². The number of hydrogen-bond acceptors (Lipinski definition) is 2. The second kappa shape index (κ2) is 10.3. The number of nitrogens with zero attached hydrogens (tertiary/aromatic N) is 2. The van der Waals surface area contributed by atoms with Crippen LogP contribution in [0.25, 0.3) is 0 Å². The summed E-state index contributed by atoms with van der Waals surface area (Å²) >= 11 is 3.71. The highest BCUT2D eigenvalue weighted by atomic mass is 127. The molecule has 2 N–H and O–H groups in total. The Balaban J connectivity index is 0.00000243. The summed E-state index contributed by atoms with van der Waals surface area (Å²) in [5.74, 6) is 1.66. The first kappa shape index (κ1) is 22.0. The molecule has 26 heavy (non-hydrogen) atoms. The predicted octanol–water partition coefficient (Wildman–Crippen LogP) is 4.00. The first-order chi connectivity index (χ1) is 12.2. The van der Waals surface area contributed by atoms with Gasteiger partial charge >= 0.3 is 0 Å². The Morgan fingerprint density at radius 3 is 2.73 bits per heavy atom. The largest absolute Gasteiger partial charge is 0.356 e. The fourth-order valence-electron chi connectivity index (χ4n) is 3.90. The Bertz CT molecular complexity index is 603. The molecule has 4 nitrogen and oxygen atoms in total. The molecule has 2 aliphatic rings. The second-order valence-corrected chi connectivity index (χ2v) is 8.32. The molecule has 0 spiro atoms. The fourth-order valence-corrected chi connectivity index (χ4v) is 4.61. The Labute approximate surface area is 183 Å². The van der Waals surface area contributed by atoms with Crippen molar-refractivity contribution in [2.24, 2.45) is 10.9 Å². The van der Waals surface area contributed by atoms with Crippen molar-refractivity contribution in [1.82, 2.24) is 15.5 Å². The van der Waals surface area contributed by atoms with E-state index in [-0.39, 0.29) is 29.4 Å². The lowest BCUT2D eigenvalue weighted by Crippen LogP contribution is -2.46. The van der Waals surface area contributed by atoms with E-state index >= 15 is 0 Å². The van der Waals surface area contributed by atoms with Crippen LogP contribution in [0.2, 0.25) is 0 Å². The summed E-state index contributed by atoms with van der Waals surface area (Å²) in [4.78, 5) is 6.98. The molecule has 1 aromatic carbocycles. The molecular weight excluding hydrogens is 503 g/mol. The lowest BCUT2D eigenvalue weighted by molar-refractivity contribution is 0.183. The minimum absolute atomic E-state index is 0.